The molecule has 0 bridgehead atoms. The van der Waals surface area contributed by atoms with E-state index in [1.165, 1.54) is 0 Å². The minimum absolute atomic E-state index is 0. The molecular formula is C6H11Ac4BrO5. The van der Waals surface area contributed by atoms with Crippen molar-refractivity contribution in [2.24, 2.45) is 0 Å². The molecule has 0 aromatic heterocycles. The average Bonchev–Trinajstić information content (AvgIpc) is 2.08. The van der Waals surface area contributed by atoms with Gasteiger partial charge in [0.15, 0.2) is 0 Å². The largest absolute Gasteiger partial charge is 0.394 e. The molecular weight excluding hydrogens is 1140 g/mol. The molecule has 0 spiro atoms. The summed E-state index contributed by atoms with van der Waals surface area (Å²) in [4.78, 5) is 0. The minimum Gasteiger partial charge on any atom is -0.394 e. The van der Waals surface area contributed by atoms with Gasteiger partial charge in [0.2, 0.25) is 0 Å². The third-order valence-corrected chi connectivity index (χ3v) is 2.59. The van der Waals surface area contributed by atoms with Gasteiger partial charge >= 0.3 is 0 Å². The smallest absolute Gasteiger partial charge is 0.141 e. The second kappa shape index (κ2) is 15.9. The van der Waals surface area contributed by atoms with Crippen LogP contribution in [0.3, 0.4) is 0 Å². The monoisotopic (exact) mass is 1150 g/mol. The van der Waals surface area contributed by atoms with Gasteiger partial charge in [-0.25, -0.2) is 0 Å². The molecule has 0 amide bonds. The first kappa shape index (κ1) is 30.0. The second-order valence-corrected chi connectivity index (χ2v) is 3.58. The molecule has 16 heavy (non-hydrogen) atoms. The Labute approximate surface area is 246 Å². The van der Waals surface area contributed by atoms with Gasteiger partial charge in [-0.1, -0.05) is 15.9 Å². The fraction of sp³-hybridized carbons (Fsp3) is 1.00. The molecule has 1 saturated heterocycles. The second-order valence-electron chi connectivity index (χ2n) is 2.68. The van der Waals surface area contributed by atoms with E-state index >= 15 is 0 Å². The van der Waals surface area contributed by atoms with Crippen LogP contribution in [0.5, 0.6) is 0 Å². The molecule has 1 aliphatic rings. The van der Waals surface area contributed by atoms with Crippen LogP contribution in [-0.4, -0.2) is 56.5 Å². The number of ether oxygens (including phenoxy) is 1. The van der Waals surface area contributed by atoms with Gasteiger partial charge in [-0.3, -0.25) is 0 Å². The molecule has 84 valence electrons. The van der Waals surface area contributed by atoms with Crippen LogP contribution in [-0.2, 0) is 4.74 Å². The first-order valence-electron chi connectivity index (χ1n) is 3.52. The van der Waals surface area contributed by atoms with Crippen LogP contribution in [0.1, 0.15) is 0 Å². The van der Waals surface area contributed by atoms with E-state index in [0.717, 1.165) is 0 Å². The van der Waals surface area contributed by atoms with Crippen LogP contribution in [0.15, 0.2) is 0 Å². The van der Waals surface area contributed by atoms with Crippen molar-refractivity contribution < 1.29 is 201 Å². The third kappa shape index (κ3) is 9.24. The van der Waals surface area contributed by atoms with Crippen LogP contribution >= 0.6 is 15.9 Å². The Kier molecular flexibility index (Phi) is 29.8. The minimum atomic E-state index is -1.29. The van der Waals surface area contributed by atoms with Crippen molar-refractivity contribution in [1.29, 1.82) is 0 Å². The fourth-order valence-corrected chi connectivity index (χ4v) is 1.65. The maximum Gasteiger partial charge on any atom is 0.141 e. The SMILES string of the molecule is OCC1OC(Br)C(O)C(O)C1O.[Ac].[Ac].[Ac].[Ac]. The summed E-state index contributed by atoms with van der Waals surface area (Å²) in [6.45, 7) is -0.396. The third-order valence-electron chi connectivity index (χ3n) is 1.83. The van der Waals surface area contributed by atoms with Crippen LogP contribution in [0, 0.1) is 176 Å². The molecule has 1 aliphatic heterocycles. The molecule has 0 aliphatic carbocycles. The maximum atomic E-state index is 9.21. The predicted molar refractivity (Wildman–Crippen MR) is 42.7 cm³/mol. The van der Waals surface area contributed by atoms with Gasteiger partial charge in [0.1, 0.15) is 29.4 Å². The number of alkyl halides is 1. The quantitative estimate of drug-likeness (QED) is 0.233. The Bertz CT molecular complexity index is 163. The first-order valence-corrected chi connectivity index (χ1v) is 4.44. The molecule has 5 atom stereocenters. The van der Waals surface area contributed by atoms with Gasteiger partial charge in [-0.15, -0.1) is 0 Å². The summed E-state index contributed by atoms with van der Waals surface area (Å²) in [5.74, 6) is 0. The summed E-state index contributed by atoms with van der Waals surface area (Å²) in [5.41, 5.74) is 0. The molecule has 0 aromatic rings. The number of halogens is 1. The maximum absolute atomic E-state index is 9.21. The van der Waals surface area contributed by atoms with E-state index in [2.05, 4.69) is 15.9 Å². The first-order chi connectivity index (χ1) is 5.57. The number of aliphatic hydroxyl groups excluding tert-OH is 4. The van der Waals surface area contributed by atoms with Gasteiger partial charge < -0.3 is 25.2 Å². The zero-order valence-corrected chi connectivity index (χ0v) is 29.0. The van der Waals surface area contributed by atoms with Gasteiger partial charge in [-0.05, 0) is 0 Å². The van der Waals surface area contributed by atoms with E-state index in [-0.39, 0.29) is 176 Å². The fourth-order valence-electron chi connectivity index (χ4n) is 1.06. The summed E-state index contributed by atoms with van der Waals surface area (Å²) in [6.07, 6.45) is -4.57. The van der Waals surface area contributed by atoms with Gasteiger partial charge in [0, 0.05) is 176 Å². The summed E-state index contributed by atoms with van der Waals surface area (Å²) >= 11 is 2.95. The van der Waals surface area contributed by atoms with E-state index in [1.807, 2.05) is 0 Å². The Morgan fingerprint density at radius 3 is 1.69 bits per heavy atom. The molecule has 1 fully saturated rings. The van der Waals surface area contributed by atoms with Crippen LogP contribution in [0.2, 0.25) is 0 Å². The van der Waals surface area contributed by atoms with Crippen molar-refractivity contribution in [2.75, 3.05) is 6.61 Å². The molecule has 0 saturated carbocycles. The molecule has 4 radical (unpaired) electrons. The molecule has 10 heteroatoms. The van der Waals surface area contributed by atoms with Crippen molar-refractivity contribution >= 4 is 15.9 Å². The Morgan fingerprint density at radius 2 is 1.31 bits per heavy atom. The van der Waals surface area contributed by atoms with Gasteiger partial charge in [-0.2, -0.15) is 0 Å². The van der Waals surface area contributed by atoms with E-state index in [0.29, 0.717) is 0 Å². The van der Waals surface area contributed by atoms with E-state index in [1.54, 1.807) is 0 Å². The van der Waals surface area contributed by atoms with Crippen LogP contribution in [0.25, 0.3) is 0 Å². The van der Waals surface area contributed by atoms with Crippen LogP contribution < -0.4 is 0 Å². The van der Waals surface area contributed by atoms with Crippen molar-refractivity contribution in [3.8, 4) is 0 Å². The van der Waals surface area contributed by atoms with Crippen molar-refractivity contribution in [2.45, 2.75) is 29.4 Å². The normalized spacial score (nSPS) is 36.9. The number of hydrogen-bond acceptors (Lipinski definition) is 5. The predicted octanol–water partition coefficient (Wildman–Crippen LogP) is -1.82. The topological polar surface area (TPSA) is 90.2 Å². The summed E-state index contributed by atoms with van der Waals surface area (Å²) in [7, 11) is 0. The van der Waals surface area contributed by atoms with Gasteiger partial charge in [0.25, 0.3) is 0 Å². The zero-order chi connectivity index (χ0) is 9.30. The summed E-state index contributed by atoms with van der Waals surface area (Å²) < 4.78 is 4.94. The molecule has 1 heterocycles. The summed E-state index contributed by atoms with van der Waals surface area (Å²) in [5, 5.41) is 35.5. The average molecular weight is 1150 g/mol. The Hall–Kier alpha value is 6.05. The standard InChI is InChI=1S/C6H11BrO5.4Ac/c7-6-5(11)4(10)3(9)2(1-8)12-6;;;;/h2-6,8-11H,1H2;;;;. The van der Waals surface area contributed by atoms with E-state index in [9.17, 15) is 10.2 Å². The molecule has 5 unspecified atom stereocenters. The molecule has 0 aromatic carbocycles. The zero-order valence-electron chi connectivity index (χ0n) is 8.48. The van der Waals surface area contributed by atoms with E-state index < -0.39 is 36.0 Å². The molecule has 1 rings (SSSR count). The number of aliphatic hydroxyl groups is 4. The van der Waals surface area contributed by atoms with Crippen molar-refractivity contribution in [3.05, 3.63) is 0 Å². The van der Waals surface area contributed by atoms with Crippen molar-refractivity contribution in [3.63, 3.8) is 0 Å². The molecule has 4 N–H and O–H groups in total. The van der Waals surface area contributed by atoms with Crippen LogP contribution in [0.4, 0.5) is 0 Å². The van der Waals surface area contributed by atoms with Gasteiger partial charge in [0.05, 0.1) is 6.61 Å². The Morgan fingerprint density at radius 1 is 0.875 bits per heavy atom. The molecule has 5 nitrogen and oxygen atoms in total. The Balaban J connectivity index is -0.000000180. The number of rotatable bonds is 1. The van der Waals surface area contributed by atoms with Crippen molar-refractivity contribution in [1.82, 2.24) is 0 Å². The number of hydrogen-bond donors (Lipinski definition) is 4. The summed E-state index contributed by atoms with van der Waals surface area (Å²) in [6, 6.07) is 0. The van der Waals surface area contributed by atoms with E-state index in [4.69, 9.17) is 14.9 Å².